The molecule has 0 amide bonds. The molecule has 2 N–H and O–H groups in total. The standard InChI is InChI=1S/C17H18N4O3S/c1-4-20-14-12(15(22)21(5-2)17(20)24)13(18-16(23)19-14)10-6-8-11(25-3)9-7-10/h6-9H,4-5H2,1-3H3,(H,18,19,23)/p+1. The summed E-state index contributed by atoms with van der Waals surface area (Å²) >= 11 is 1.61. The van der Waals surface area contributed by atoms with E-state index in [1.807, 2.05) is 30.5 Å². The van der Waals surface area contributed by atoms with Gasteiger partial charge in [-0.2, -0.15) is 0 Å². The van der Waals surface area contributed by atoms with E-state index in [0.29, 0.717) is 17.6 Å². The predicted molar refractivity (Wildman–Crippen MR) is 98.2 cm³/mol. The molecule has 0 aliphatic rings. The molecule has 0 saturated carbocycles. The predicted octanol–water partition coefficient (Wildman–Crippen LogP) is 1.09. The maximum Gasteiger partial charge on any atom is 0.439 e. The Labute approximate surface area is 147 Å². The Bertz CT molecular complexity index is 1110. The lowest BCUT2D eigenvalue weighted by atomic mass is 10.1. The molecule has 25 heavy (non-hydrogen) atoms. The second-order valence-electron chi connectivity index (χ2n) is 5.48. The van der Waals surface area contributed by atoms with Crippen LogP contribution < -0.4 is 21.9 Å². The number of hydrogen-bond acceptors (Lipinski definition) is 4. The number of rotatable bonds is 4. The van der Waals surface area contributed by atoms with Crippen LogP contribution in [0, 0.1) is 0 Å². The molecule has 7 nitrogen and oxygen atoms in total. The summed E-state index contributed by atoms with van der Waals surface area (Å²) < 4.78 is 2.59. The van der Waals surface area contributed by atoms with Gasteiger partial charge >= 0.3 is 11.4 Å². The van der Waals surface area contributed by atoms with Crippen molar-refractivity contribution < 1.29 is 4.98 Å². The summed E-state index contributed by atoms with van der Waals surface area (Å²) in [6.07, 6.45) is 1.98. The number of thioether (sulfide) groups is 1. The molecule has 2 aromatic heterocycles. The fourth-order valence-electron chi connectivity index (χ4n) is 2.92. The summed E-state index contributed by atoms with van der Waals surface area (Å²) in [5.74, 6) is 0. The van der Waals surface area contributed by atoms with Gasteiger partial charge in [-0.25, -0.2) is 28.7 Å². The van der Waals surface area contributed by atoms with Crippen molar-refractivity contribution in [2.45, 2.75) is 31.8 Å². The Morgan fingerprint density at radius 2 is 1.68 bits per heavy atom. The molecule has 3 rings (SSSR count). The van der Waals surface area contributed by atoms with Crippen molar-refractivity contribution in [1.82, 2.24) is 14.1 Å². The van der Waals surface area contributed by atoms with E-state index in [1.165, 1.54) is 9.13 Å². The highest BCUT2D eigenvalue weighted by molar-refractivity contribution is 7.98. The molecule has 0 aliphatic carbocycles. The maximum atomic E-state index is 12.9. The van der Waals surface area contributed by atoms with Crippen LogP contribution in [0.5, 0.6) is 0 Å². The van der Waals surface area contributed by atoms with Gasteiger partial charge in [-0.15, -0.1) is 11.8 Å². The molecule has 0 aliphatic heterocycles. The highest BCUT2D eigenvalue weighted by Crippen LogP contribution is 2.23. The summed E-state index contributed by atoms with van der Waals surface area (Å²) in [7, 11) is 0. The minimum absolute atomic E-state index is 0.245. The SMILES string of the molecule is CCn1c(=O)c2c(-c3ccc(SC)cc3)[nH]c(=O)[nH+]c2n(CC)c1=O. The van der Waals surface area contributed by atoms with E-state index in [9.17, 15) is 14.4 Å². The second-order valence-corrected chi connectivity index (χ2v) is 6.36. The summed E-state index contributed by atoms with van der Waals surface area (Å²) in [5, 5.41) is 0.305. The van der Waals surface area contributed by atoms with Gasteiger partial charge in [0.05, 0.1) is 6.54 Å². The molecule has 0 spiro atoms. The van der Waals surface area contributed by atoms with Gasteiger partial charge in [0.1, 0.15) is 5.69 Å². The lowest BCUT2D eigenvalue weighted by molar-refractivity contribution is -0.374. The normalized spacial score (nSPS) is 11.2. The number of aromatic nitrogens is 4. The maximum absolute atomic E-state index is 12.9. The fraction of sp³-hybridized carbons (Fsp3) is 0.294. The molecule has 3 aromatic rings. The van der Waals surface area contributed by atoms with Crippen LogP contribution in [0.4, 0.5) is 0 Å². The average Bonchev–Trinajstić information content (AvgIpc) is 2.61. The number of nitrogens with zero attached hydrogens (tertiary/aromatic N) is 2. The van der Waals surface area contributed by atoms with Crippen molar-refractivity contribution in [3.05, 3.63) is 55.6 Å². The Balaban J connectivity index is 2.49. The van der Waals surface area contributed by atoms with Gasteiger partial charge in [0, 0.05) is 17.0 Å². The highest BCUT2D eigenvalue weighted by atomic mass is 32.2. The van der Waals surface area contributed by atoms with E-state index in [4.69, 9.17) is 0 Å². The van der Waals surface area contributed by atoms with E-state index in [1.54, 1.807) is 25.6 Å². The number of benzene rings is 1. The Morgan fingerprint density at radius 3 is 2.24 bits per heavy atom. The zero-order valence-corrected chi connectivity index (χ0v) is 15.1. The van der Waals surface area contributed by atoms with Crippen LogP contribution in [-0.4, -0.2) is 20.4 Å². The fourth-order valence-corrected chi connectivity index (χ4v) is 3.32. The van der Waals surface area contributed by atoms with Crippen molar-refractivity contribution in [3.63, 3.8) is 0 Å². The first-order valence-electron chi connectivity index (χ1n) is 7.99. The van der Waals surface area contributed by atoms with Gasteiger partial charge in [-0.3, -0.25) is 4.79 Å². The Morgan fingerprint density at radius 1 is 1.04 bits per heavy atom. The van der Waals surface area contributed by atoms with Crippen LogP contribution in [0.2, 0.25) is 0 Å². The molecule has 0 bridgehead atoms. The minimum atomic E-state index is -0.466. The third kappa shape index (κ3) is 2.82. The zero-order valence-electron chi connectivity index (χ0n) is 14.3. The van der Waals surface area contributed by atoms with Crippen LogP contribution in [0.15, 0.2) is 43.5 Å². The van der Waals surface area contributed by atoms with Gasteiger partial charge in [-0.05, 0) is 32.2 Å². The van der Waals surface area contributed by atoms with Crippen LogP contribution >= 0.6 is 11.8 Å². The molecule has 0 radical (unpaired) electrons. The molecule has 0 saturated heterocycles. The first-order chi connectivity index (χ1) is 12.0. The van der Waals surface area contributed by atoms with Gasteiger partial charge in [0.2, 0.25) is 5.65 Å². The topological polar surface area (TPSA) is 91.0 Å². The quantitative estimate of drug-likeness (QED) is 0.706. The molecular formula is C17H19N4O3S+. The number of aromatic amines is 2. The average molecular weight is 359 g/mol. The first-order valence-corrected chi connectivity index (χ1v) is 9.21. The summed E-state index contributed by atoms with van der Waals surface area (Å²) in [4.78, 5) is 43.9. The molecular weight excluding hydrogens is 340 g/mol. The van der Waals surface area contributed by atoms with Crippen LogP contribution in [0.25, 0.3) is 22.3 Å². The summed E-state index contributed by atoms with van der Waals surface area (Å²) in [6, 6.07) is 7.56. The number of hydrogen-bond donors (Lipinski definition) is 1. The first kappa shape index (κ1) is 17.2. The van der Waals surface area contributed by atoms with Gasteiger partial charge in [0.25, 0.3) is 5.56 Å². The van der Waals surface area contributed by atoms with Crippen molar-refractivity contribution >= 4 is 22.8 Å². The van der Waals surface area contributed by atoms with Crippen molar-refractivity contribution in [2.75, 3.05) is 6.26 Å². The monoisotopic (exact) mass is 359 g/mol. The number of nitrogens with one attached hydrogen (secondary N) is 2. The van der Waals surface area contributed by atoms with Gasteiger partial charge < -0.3 is 0 Å². The summed E-state index contributed by atoms with van der Waals surface area (Å²) in [6.45, 7) is 4.16. The van der Waals surface area contributed by atoms with Crippen molar-refractivity contribution in [2.24, 2.45) is 0 Å². The van der Waals surface area contributed by atoms with E-state index < -0.39 is 16.9 Å². The molecule has 2 heterocycles. The smallest absolute Gasteiger partial charge is 0.268 e. The van der Waals surface area contributed by atoms with E-state index in [2.05, 4.69) is 9.97 Å². The molecule has 1 aromatic carbocycles. The number of aryl methyl sites for hydroxylation is 1. The van der Waals surface area contributed by atoms with Crippen molar-refractivity contribution in [1.29, 1.82) is 0 Å². The van der Waals surface area contributed by atoms with E-state index >= 15 is 0 Å². The Hall–Kier alpha value is -2.61. The van der Waals surface area contributed by atoms with E-state index in [-0.39, 0.29) is 12.2 Å². The minimum Gasteiger partial charge on any atom is -0.268 e. The zero-order chi connectivity index (χ0) is 18.1. The van der Waals surface area contributed by atoms with Gasteiger partial charge in [-0.1, -0.05) is 12.1 Å². The van der Waals surface area contributed by atoms with Crippen LogP contribution in [0.1, 0.15) is 13.8 Å². The third-order valence-electron chi connectivity index (χ3n) is 4.16. The third-order valence-corrected chi connectivity index (χ3v) is 4.90. The van der Waals surface area contributed by atoms with E-state index in [0.717, 1.165) is 10.5 Å². The second kappa shape index (κ2) is 6.72. The molecule has 0 fully saturated rings. The van der Waals surface area contributed by atoms with Gasteiger partial charge in [0.15, 0.2) is 5.39 Å². The number of fused-ring (bicyclic) bond motifs is 1. The van der Waals surface area contributed by atoms with Crippen molar-refractivity contribution in [3.8, 4) is 11.3 Å². The molecule has 8 heteroatoms. The highest BCUT2D eigenvalue weighted by Gasteiger charge is 2.22. The van der Waals surface area contributed by atoms with Crippen LogP contribution in [0.3, 0.4) is 0 Å². The summed E-state index contributed by atoms with van der Waals surface area (Å²) in [5.41, 5.74) is 0.0778. The molecule has 130 valence electrons. The largest absolute Gasteiger partial charge is 0.439 e. The van der Waals surface area contributed by atoms with Crippen LogP contribution in [-0.2, 0) is 13.1 Å². The number of H-pyrrole nitrogens is 2. The molecule has 0 unspecified atom stereocenters. The molecule has 0 atom stereocenters. The lowest BCUT2D eigenvalue weighted by Crippen LogP contribution is -2.45. The lowest BCUT2D eigenvalue weighted by Gasteiger charge is -2.09. The Kier molecular flexibility index (Phi) is 4.63.